The van der Waals surface area contributed by atoms with Crippen molar-refractivity contribution in [2.45, 2.75) is 12.6 Å². The fourth-order valence-electron chi connectivity index (χ4n) is 3.27. The van der Waals surface area contributed by atoms with E-state index in [0.717, 1.165) is 12.1 Å². The molecule has 0 saturated carbocycles. The summed E-state index contributed by atoms with van der Waals surface area (Å²) in [5, 5.41) is 16.5. The fourth-order valence-corrected chi connectivity index (χ4v) is 3.27. The molecule has 0 spiro atoms. The van der Waals surface area contributed by atoms with Crippen LogP contribution in [0.3, 0.4) is 0 Å². The summed E-state index contributed by atoms with van der Waals surface area (Å²) in [6.07, 6.45) is 0. The van der Waals surface area contributed by atoms with E-state index < -0.39 is 41.2 Å². The Hall–Kier alpha value is -4.70. The monoisotopic (exact) mass is 539 g/mol. The Morgan fingerprint density at radius 1 is 0.897 bits per heavy atom. The van der Waals surface area contributed by atoms with Gasteiger partial charge < -0.3 is 21.7 Å². The molecule has 7 N–H and O–H groups in total. The van der Waals surface area contributed by atoms with Gasteiger partial charge in [0.2, 0.25) is 5.91 Å². The third-order valence-electron chi connectivity index (χ3n) is 5.29. The maximum Gasteiger partial charge on any atom is 0.267 e. The number of amides is 3. The smallest absolute Gasteiger partial charge is 0.267 e. The predicted octanol–water partition coefficient (Wildman–Crippen LogP) is 1.79. The minimum atomic E-state index is -1.54. The molecule has 9 nitrogen and oxygen atoms in total. The molecule has 0 fully saturated rings. The van der Waals surface area contributed by atoms with E-state index in [-0.39, 0.29) is 30.8 Å². The molecule has 39 heavy (non-hydrogen) atoms. The van der Waals surface area contributed by atoms with Gasteiger partial charge in [0.25, 0.3) is 11.8 Å². The third-order valence-corrected chi connectivity index (χ3v) is 5.29. The number of halogens is 3. The van der Waals surface area contributed by atoms with Crippen molar-refractivity contribution in [3.63, 3.8) is 0 Å². The second-order valence-electron chi connectivity index (χ2n) is 8.17. The molecule has 0 aliphatic carbocycles. The zero-order chi connectivity index (χ0) is 28.4. The van der Waals surface area contributed by atoms with E-state index in [0.29, 0.717) is 16.8 Å². The number of nitrogens with two attached hydrogens (primary N) is 1. The van der Waals surface area contributed by atoms with E-state index in [2.05, 4.69) is 27.8 Å². The first kappa shape index (κ1) is 28.9. The van der Waals surface area contributed by atoms with Gasteiger partial charge in [-0.1, -0.05) is 11.8 Å². The van der Waals surface area contributed by atoms with Gasteiger partial charge in [0, 0.05) is 35.5 Å². The number of carbonyl (C=O) groups is 3. The first-order chi connectivity index (χ1) is 18.7. The highest BCUT2D eigenvalue weighted by molar-refractivity contribution is 5.97. The van der Waals surface area contributed by atoms with E-state index in [1.807, 2.05) is 0 Å². The highest BCUT2D eigenvalue weighted by Gasteiger charge is 2.19. The molecule has 0 aliphatic heterocycles. The number of benzene rings is 3. The zero-order valence-corrected chi connectivity index (χ0v) is 20.4. The number of anilines is 1. The lowest BCUT2D eigenvalue weighted by Crippen LogP contribution is -2.50. The summed E-state index contributed by atoms with van der Waals surface area (Å²) >= 11 is 0. The van der Waals surface area contributed by atoms with Crippen LogP contribution in [0.5, 0.6) is 0 Å². The van der Waals surface area contributed by atoms with E-state index in [1.54, 1.807) is 36.4 Å². The van der Waals surface area contributed by atoms with Crippen LogP contribution in [0.15, 0.2) is 60.7 Å². The normalized spacial score (nSPS) is 11.1. The van der Waals surface area contributed by atoms with Crippen molar-refractivity contribution in [3.05, 3.63) is 100 Å². The maximum atomic E-state index is 13.3. The number of hydrogen-bond acceptors (Lipinski definition) is 6. The Morgan fingerprint density at radius 2 is 1.46 bits per heavy atom. The van der Waals surface area contributed by atoms with Crippen LogP contribution in [0.4, 0.5) is 18.9 Å². The summed E-state index contributed by atoms with van der Waals surface area (Å²) in [5.41, 5.74) is 9.09. The molecule has 0 bridgehead atoms. The van der Waals surface area contributed by atoms with Crippen molar-refractivity contribution >= 4 is 23.4 Å². The van der Waals surface area contributed by atoms with Gasteiger partial charge in [-0.15, -0.1) is 0 Å². The van der Waals surface area contributed by atoms with Gasteiger partial charge in [0.1, 0.15) is 6.04 Å². The molecule has 0 aliphatic rings. The summed E-state index contributed by atoms with van der Waals surface area (Å²) < 4.78 is 39.5. The molecule has 1 atom stereocenters. The molecule has 0 aromatic heterocycles. The van der Waals surface area contributed by atoms with Gasteiger partial charge in [0.05, 0.1) is 6.54 Å². The number of carbonyl (C=O) groups excluding carboxylic acids is 3. The van der Waals surface area contributed by atoms with Gasteiger partial charge in [-0.05, 0) is 66.2 Å². The number of nitrogens with one attached hydrogen (secondary N) is 4. The molecule has 0 heterocycles. The Kier molecular flexibility index (Phi) is 10.2. The van der Waals surface area contributed by atoms with Crippen LogP contribution in [0, 0.1) is 29.3 Å². The topological polar surface area (TPSA) is 146 Å². The van der Waals surface area contributed by atoms with Crippen LogP contribution in [0.1, 0.15) is 27.0 Å². The lowest BCUT2D eigenvalue weighted by Gasteiger charge is -2.14. The van der Waals surface area contributed by atoms with Gasteiger partial charge >= 0.3 is 0 Å². The predicted molar refractivity (Wildman–Crippen MR) is 136 cm³/mol. The molecule has 3 aromatic carbocycles. The number of hydroxylamine groups is 1. The van der Waals surface area contributed by atoms with Gasteiger partial charge in [-0.25, -0.2) is 18.7 Å². The number of hydrogen-bond donors (Lipinski definition) is 6. The first-order valence-electron chi connectivity index (χ1n) is 11.5. The summed E-state index contributed by atoms with van der Waals surface area (Å²) in [5.74, 6) is 0.00363. The lowest BCUT2D eigenvalue weighted by atomic mass is 10.1. The van der Waals surface area contributed by atoms with Crippen molar-refractivity contribution in [2.75, 3.05) is 18.4 Å². The molecule has 0 radical (unpaired) electrons. The number of rotatable bonds is 9. The molecule has 0 saturated heterocycles. The van der Waals surface area contributed by atoms with E-state index in [9.17, 15) is 27.6 Å². The van der Waals surface area contributed by atoms with E-state index in [1.165, 1.54) is 17.6 Å². The van der Waals surface area contributed by atoms with Crippen molar-refractivity contribution in [1.29, 1.82) is 0 Å². The highest BCUT2D eigenvalue weighted by atomic mass is 19.2. The van der Waals surface area contributed by atoms with E-state index >= 15 is 0 Å². The Balaban J connectivity index is 1.49. The summed E-state index contributed by atoms with van der Waals surface area (Å²) in [7, 11) is 0. The van der Waals surface area contributed by atoms with Crippen molar-refractivity contribution in [2.24, 2.45) is 5.73 Å². The quantitative estimate of drug-likeness (QED) is 0.106. The molecule has 12 heteroatoms. The lowest BCUT2D eigenvalue weighted by molar-refractivity contribution is -0.130. The van der Waals surface area contributed by atoms with Crippen molar-refractivity contribution in [3.8, 4) is 11.8 Å². The average Bonchev–Trinajstić information content (AvgIpc) is 2.94. The second kappa shape index (κ2) is 13.7. The minimum absolute atomic E-state index is 0.0309. The Bertz CT molecular complexity index is 1380. The van der Waals surface area contributed by atoms with Crippen LogP contribution in [0.2, 0.25) is 0 Å². The summed E-state index contributed by atoms with van der Waals surface area (Å²) in [6, 6.07) is 13.6. The van der Waals surface area contributed by atoms with Crippen LogP contribution >= 0.6 is 0 Å². The molecule has 3 aromatic rings. The van der Waals surface area contributed by atoms with Crippen LogP contribution in [0.25, 0.3) is 0 Å². The van der Waals surface area contributed by atoms with Crippen molar-refractivity contribution < 1.29 is 32.8 Å². The van der Waals surface area contributed by atoms with Gasteiger partial charge in [-0.2, -0.15) is 0 Å². The zero-order valence-electron chi connectivity index (χ0n) is 20.4. The van der Waals surface area contributed by atoms with Crippen molar-refractivity contribution in [1.82, 2.24) is 16.1 Å². The Labute approximate surface area is 221 Å². The van der Waals surface area contributed by atoms with Crippen LogP contribution in [-0.2, 0) is 16.1 Å². The molecule has 3 amide bonds. The third kappa shape index (κ3) is 8.41. The Morgan fingerprint density at radius 3 is 2.00 bits per heavy atom. The van der Waals surface area contributed by atoms with Crippen LogP contribution < -0.4 is 27.2 Å². The average molecular weight is 540 g/mol. The fraction of sp³-hybridized carbons (Fsp3) is 0.148. The highest BCUT2D eigenvalue weighted by Crippen LogP contribution is 2.13. The molecule has 3 rings (SSSR count). The summed E-state index contributed by atoms with van der Waals surface area (Å²) in [4.78, 5) is 35.8. The van der Waals surface area contributed by atoms with Crippen LogP contribution in [-0.4, -0.2) is 42.1 Å². The molecular formula is C27H24F3N5O4. The second-order valence-corrected chi connectivity index (χ2v) is 8.17. The largest absolute Gasteiger partial charge is 0.339 e. The molecule has 202 valence electrons. The van der Waals surface area contributed by atoms with E-state index in [4.69, 9.17) is 10.9 Å². The standard InChI is InChI=1S/C27H24F3N5O4/c28-21-11-18(12-22(29)25(21)30)14-32-15-24(36)33-20-9-5-17(6-10-20)2-1-16-3-7-19(8-4-16)26(37)34-23(13-31)27(38)35-39/h3-12,23,32,39H,13-15,31H2,(H,33,36)(H,34,37)(H,35,38)/t23-/m0/s1. The molecular weight excluding hydrogens is 515 g/mol. The summed E-state index contributed by atoms with van der Waals surface area (Å²) in [6.45, 7) is -0.363. The molecule has 0 unspecified atom stereocenters. The maximum absolute atomic E-state index is 13.3. The SMILES string of the molecule is NC[C@H](NC(=O)c1ccc(C#Cc2ccc(NC(=O)CNCc3cc(F)c(F)c(F)c3)cc2)cc1)C(=O)NO. The minimum Gasteiger partial charge on any atom is -0.339 e. The van der Waals surface area contributed by atoms with Gasteiger partial charge in [0.15, 0.2) is 17.5 Å². The first-order valence-corrected chi connectivity index (χ1v) is 11.5. The van der Waals surface area contributed by atoms with Gasteiger partial charge in [-0.3, -0.25) is 19.6 Å².